The number of hydrogen-bond donors (Lipinski definition) is 0. The number of hydrogen-bond acceptors (Lipinski definition) is 6. The lowest BCUT2D eigenvalue weighted by atomic mass is 9.65. The van der Waals surface area contributed by atoms with Crippen LogP contribution >= 0.6 is 0 Å². The first-order valence-corrected chi connectivity index (χ1v) is 9.19. The second kappa shape index (κ2) is 9.37. The average molecular weight is 456 g/mol. The molecule has 0 saturated heterocycles. The Morgan fingerprint density at radius 2 is 1.26 bits per heavy atom. The maximum atomic E-state index is 13.7. The molecular formula is C20H25F5O6. The highest BCUT2D eigenvalue weighted by atomic mass is 19.2. The van der Waals surface area contributed by atoms with Crippen molar-refractivity contribution in [3.8, 4) is 5.75 Å². The Balaban J connectivity index is 3.18. The molecule has 31 heavy (non-hydrogen) atoms. The van der Waals surface area contributed by atoms with E-state index in [1.807, 2.05) is 0 Å². The maximum Gasteiger partial charge on any atom is 0.514 e. The fourth-order valence-electron chi connectivity index (χ4n) is 2.76. The van der Waals surface area contributed by atoms with Gasteiger partial charge in [-0.25, -0.2) is 18.0 Å². The highest BCUT2D eigenvalue weighted by Gasteiger charge is 2.55. The summed E-state index contributed by atoms with van der Waals surface area (Å²) in [6.45, 7) is 8.90. The Labute approximate surface area is 176 Å². The number of halogens is 5. The summed E-state index contributed by atoms with van der Waals surface area (Å²) in [4.78, 5) is 23.9. The van der Waals surface area contributed by atoms with Crippen LogP contribution in [0.5, 0.6) is 5.75 Å². The molecule has 0 saturated carbocycles. The number of carbonyl (C=O) groups is 2. The van der Waals surface area contributed by atoms with E-state index in [1.165, 1.54) is 7.11 Å². The summed E-state index contributed by atoms with van der Waals surface area (Å²) >= 11 is 0. The molecule has 1 atom stereocenters. The van der Waals surface area contributed by atoms with Crippen molar-refractivity contribution in [3.63, 3.8) is 0 Å². The molecule has 0 amide bonds. The SMILES string of the molecule is CCC(=O)OC(C)(C)C(C)(COC(=O)Oc1c(F)c(F)c(F)c(F)c1F)C(C)(C)OC. The molecular weight excluding hydrogens is 431 g/mol. The van der Waals surface area contributed by atoms with Crippen LogP contribution in [0.2, 0.25) is 0 Å². The van der Waals surface area contributed by atoms with Gasteiger partial charge < -0.3 is 18.9 Å². The molecule has 0 aliphatic rings. The van der Waals surface area contributed by atoms with Gasteiger partial charge in [0.05, 0.1) is 11.0 Å². The molecule has 11 heteroatoms. The van der Waals surface area contributed by atoms with Crippen molar-refractivity contribution >= 4 is 12.1 Å². The van der Waals surface area contributed by atoms with Crippen molar-refractivity contribution in [1.82, 2.24) is 0 Å². The van der Waals surface area contributed by atoms with Gasteiger partial charge in [0, 0.05) is 13.5 Å². The van der Waals surface area contributed by atoms with Crippen molar-refractivity contribution in [3.05, 3.63) is 29.1 Å². The van der Waals surface area contributed by atoms with Crippen LogP contribution in [0.3, 0.4) is 0 Å². The zero-order chi connectivity index (χ0) is 24.4. The molecule has 0 spiro atoms. The molecule has 0 aliphatic carbocycles. The van der Waals surface area contributed by atoms with Crippen LogP contribution in [-0.2, 0) is 19.0 Å². The molecule has 1 aromatic carbocycles. The van der Waals surface area contributed by atoms with E-state index in [9.17, 15) is 31.5 Å². The molecule has 176 valence electrons. The summed E-state index contributed by atoms with van der Waals surface area (Å²) in [7, 11) is 1.36. The number of esters is 1. The lowest BCUT2D eigenvalue weighted by Gasteiger charge is -2.51. The predicted octanol–water partition coefficient (Wildman–Crippen LogP) is 5.06. The third kappa shape index (κ3) is 5.08. The molecule has 0 aliphatic heterocycles. The Hall–Kier alpha value is -2.43. The van der Waals surface area contributed by atoms with E-state index >= 15 is 0 Å². The second-order valence-corrected chi connectivity index (χ2v) is 7.92. The van der Waals surface area contributed by atoms with E-state index in [4.69, 9.17) is 14.2 Å². The minimum absolute atomic E-state index is 0.0655. The summed E-state index contributed by atoms with van der Waals surface area (Å²) in [6, 6.07) is 0. The number of ether oxygens (including phenoxy) is 4. The number of rotatable bonds is 8. The van der Waals surface area contributed by atoms with Crippen LogP contribution in [0.15, 0.2) is 0 Å². The monoisotopic (exact) mass is 456 g/mol. The van der Waals surface area contributed by atoms with Crippen molar-refractivity contribution < 1.29 is 50.5 Å². The summed E-state index contributed by atoms with van der Waals surface area (Å²) in [5.74, 6) is -14.0. The smallest absolute Gasteiger partial charge is 0.459 e. The molecule has 0 fully saturated rings. The Kier molecular flexibility index (Phi) is 8.04. The first-order valence-electron chi connectivity index (χ1n) is 9.19. The van der Waals surface area contributed by atoms with Crippen molar-refractivity contribution in [2.24, 2.45) is 5.41 Å². The third-order valence-electron chi connectivity index (χ3n) is 5.66. The first kappa shape index (κ1) is 26.6. The molecule has 1 aromatic rings. The Bertz CT molecular complexity index is 826. The van der Waals surface area contributed by atoms with Crippen molar-refractivity contribution in [2.75, 3.05) is 13.7 Å². The van der Waals surface area contributed by atoms with Gasteiger partial charge in [0.15, 0.2) is 0 Å². The van der Waals surface area contributed by atoms with Crippen molar-refractivity contribution in [2.45, 2.75) is 59.2 Å². The standard InChI is InChI=1S/C20H25F5O6/c1-8-10(26)31-19(4,5)20(6,18(2,3)28-7)9-29-17(27)30-16-14(24)12(22)11(21)13(23)15(16)25/h8-9H2,1-7H3. The van der Waals surface area contributed by atoms with Crippen LogP contribution in [0, 0.1) is 34.5 Å². The molecule has 0 heterocycles. The first-order chi connectivity index (χ1) is 14.1. The summed E-state index contributed by atoms with van der Waals surface area (Å²) in [5.41, 5.74) is -3.63. The Morgan fingerprint density at radius 1 is 0.806 bits per heavy atom. The molecule has 0 N–H and O–H groups in total. The van der Waals surface area contributed by atoms with Crippen LogP contribution < -0.4 is 4.74 Å². The number of methoxy groups -OCH3 is 1. The van der Waals surface area contributed by atoms with E-state index in [-0.39, 0.29) is 6.42 Å². The van der Waals surface area contributed by atoms with Gasteiger partial charge >= 0.3 is 12.1 Å². The van der Waals surface area contributed by atoms with Gasteiger partial charge in [0.1, 0.15) is 12.2 Å². The predicted molar refractivity (Wildman–Crippen MR) is 97.9 cm³/mol. The van der Waals surface area contributed by atoms with Gasteiger partial charge in [-0.15, -0.1) is 0 Å². The zero-order valence-electron chi connectivity index (χ0n) is 18.3. The number of carbonyl (C=O) groups excluding carboxylic acids is 2. The Morgan fingerprint density at radius 3 is 1.68 bits per heavy atom. The summed E-state index contributed by atoms with van der Waals surface area (Å²) in [6.07, 6.45) is -1.67. The van der Waals surface area contributed by atoms with Gasteiger partial charge in [-0.3, -0.25) is 4.79 Å². The van der Waals surface area contributed by atoms with Crippen molar-refractivity contribution in [1.29, 1.82) is 0 Å². The average Bonchev–Trinajstić information content (AvgIpc) is 2.71. The van der Waals surface area contributed by atoms with Gasteiger partial charge in [-0.05, 0) is 34.6 Å². The lowest BCUT2D eigenvalue weighted by Crippen LogP contribution is -2.60. The van der Waals surface area contributed by atoms with E-state index in [1.54, 1.807) is 41.5 Å². The normalized spacial score (nSPS) is 14.1. The quantitative estimate of drug-likeness (QED) is 0.179. The van der Waals surface area contributed by atoms with E-state index in [0.717, 1.165) is 0 Å². The second-order valence-electron chi connectivity index (χ2n) is 7.92. The van der Waals surface area contributed by atoms with Gasteiger partial charge in [-0.1, -0.05) is 6.92 Å². The van der Waals surface area contributed by atoms with Crippen LogP contribution in [-0.4, -0.2) is 37.0 Å². The lowest BCUT2D eigenvalue weighted by molar-refractivity contribution is -0.212. The molecule has 0 bridgehead atoms. The van der Waals surface area contributed by atoms with Crippen LogP contribution in [0.1, 0.15) is 48.0 Å². The minimum Gasteiger partial charge on any atom is -0.459 e. The highest BCUT2D eigenvalue weighted by Crippen LogP contribution is 2.45. The molecule has 6 nitrogen and oxygen atoms in total. The fourth-order valence-corrected chi connectivity index (χ4v) is 2.76. The highest BCUT2D eigenvalue weighted by molar-refractivity contribution is 5.69. The van der Waals surface area contributed by atoms with Gasteiger partial charge in [-0.2, -0.15) is 8.78 Å². The summed E-state index contributed by atoms with van der Waals surface area (Å²) in [5, 5.41) is 0. The third-order valence-corrected chi connectivity index (χ3v) is 5.66. The minimum atomic E-state index is -2.40. The number of benzene rings is 1. The fraction of sp³-hybridized carbons (Fsp3) is 0.600. The van der Waals surface area contributed by atoms with Crippen LogP contribution in [0.4, 0.5) is 26.7 Å². The van der Waals surface area contributed by atoms with Gasteiger partial charge in [0.2, 0.25) is 34.8 Å². The zero-order valence-corrected chi connectivity index (χ0v) is 18.3. The van der Waals surface area contributed by atoms with Crippen LogP contribution in [0.25, 0.3) is 0 Å². The van der Waals surface area contributed by atoms with E-state index < -0.39 is 70.2 Å². The molecule has 0 aromatic heterocycles. The molecule has 1 rings (SSSR count). The molecule has 0 radical (unpaired) electrons. The molecule has 1 unspecified atom stereocenters. The van der Waals surface area contributed by atoms with Gasteiger partial charge in [0.25, 0.3) is 0 Å². The van der Waals surface area contributed by atoms with E-state index in [2.05, 4.69) is 4.74 Å². The van der Waals surface area contributed by atoms with E-state index in [0.29, 0.717) is 0 Å². The maximum absolute atomic E-state index is 13.7. The summed E-state index contributed by atoms with van der Waals surface area (Å²) < 4.78 is 87.2. The largest absolute Gasteiger partial charge is 0.514 e. The topological polar surface area (TPSA) is 71.1 Å².